The van der Waals surface area contributed by atoms with Crippen molar-refractivity contribution in [3.8, 4) is 17.0 Å². The lowest BCUT2D eigenvalue weighted by Gasteiger charge is -2.07. The molecule has 0 aromatic carbocycles. The van der Waals surface area contributed by atoms with Crippen LogP contribution in [0.2, 0.25) is 0 Å². The molecule has 30 heavy (non-hydrogen) atoms. The molecule has 0 aliphatic heterocycles. The zero-order valence-corrected chi connectivity index (χ0v) is 17.1. The molecule has 0 saturated carbocycles. The van der Waals surface area contributed by atoms with E-state index in [1.54, 1.807) is 19.5 Å². The number of ether oxygens (including phenoxy) is 1. The minimum Gasteiger partial charge on any atom is -0.497 e. The molecule has 0 unspecified atom stereocenters. The number of fused-ring (bicyclic) bond motifs is 1. The van der Waals surface area contributed by atoms with Crippen molar-refractivity contribution in [3.63, 3.8) is 0 Å². The highest BCUT2D eigenvalue weighted by Gasteiger charge is 2.14. The molecule has 10 heteroatoms. The second kappa shape index (κ2) is 7.56. The largest absolute Gasteiger partial charge is 0.497 e. The van der Waals surface area contributed by atoms with Crippen molar-refractivity contribution >= 4 is 28.0 Å². The number of methoxy groups -OCH3 is 1. The number of aryl methyl sites for hydroxylation is 1. The summed E-state index contributed by atoms with van der Waals surface area (Å²) in [6.45, 7) is 1.95. The van der Waals surface area contributed by atoms with Gasteiger partial charge in [-0.05, 0) is 30.6 Å². The van der Waals surface area contributed by atoms with Crippen molar-refractivity contribution in [2.24, 2.45) is 0 Å². The van der Waals surface area contributed by atoms with Crippen LogP contribution in [0.3, 0.4) is 0 Å². The number of nitrogens with one attached hydrogen (secondary N) is 2. The first kappa shape index (κ1) is 18.3. The van der Waals surface area contributed by atoms with Gasteiger partial charge in [-0.25, -0.2) is 9.97 Å². The Kier molecular flexibility index (Phi) is 4.60. The Balaban J connectivity index is 1.42. The average Bonchev–Trinajstić information content (AvgIpc) is 3.49. The van der Waals surface area contributed by atoms with Crippen molar-refractivity contribution in [1.29, 1.82) is 0 Å². The second-order valence-electron chi connectivity index (χ2n) is 6.73. The predicted octanol–water partition coefficient (Wildman–Crippen LogP) is 3.62. The number of aromatic amines is 1. The summed E-state index contributed by atoms with van der Waals surface area (Å²) < 4.78 is 11.8. The fourth-order valence-electron chi connectivity index (χ4n) is 3.23. The van der Waals surface area contributed by atoms with E-state index in [2.05, 4.69) is 34.8 Å². The molecule has 0 spiro atoms. The number of hydrogen-bond acceptors (Lipinski definition) is 8. The van der Waals surface area contributed by atoms with Gasteiger partial charge in [0, 0.05) is 42.3 Å². The van der Waals surface area contributed by atoms with Crippen LogP contribution in [0.5, 0.6) is 5.75 Å². The van der Waals surface area contributed by atoms with Crippen LogP contribution in [-0.4, -0.2) is 41.0 Å². The Morgan fingerprint density at radius 3 is 2.97 bits per heavy atom. The minimum atomic E-state index is 0.625. The normalized spacial score (nSPS) is 11.1. The van der Waals surface area contributed by atoms with Gasteiger partial charge in [0.25, 0.3) is 0 Å². The van der Waals surface area contributed by atoms with Crippen molar-refractivity contribution in [3.05, 3.63) is 66.3 Å². The van der Waals surface area contributed by atoms with Crippen LogP contribution in [-0.2, 0) is 6.42 Å². The zero-order valence-electron chi connectivity index (χ0n) is 16.3. The molecule has 0 atom stereocenters. The molecule has 150 valence electrons. The van der Waals surface area contributed by atoms with Crippen molar-refractivity contribution in [2.45, 2.75) is 13.3 Å². The van der Waals surface area contributed by atoms with Gasteiger partial charge in [0.15, 0.2) is 11.5 Å². The van der Waals surface area contributed by atoms with E-state index in [0.717, 1.165) is 44.7 Å². The van der Waals surface area contributed by atoms with Crippen molar-refractivity contribution in [2.75, 3.05) is 12.4 Å². The van der Waals surface area contributed by atoms with E-state index in [1.165, 1.54) is 11.5 Å². The SMILES string of the molecule is COc1ccnc(Cc2cc(Nc3nc(C)cn4c(-c5cn[nH]c5)cnc34)sn2)c1. The maximum Gasteiger partial charge on any atom is 0.180 e. The first-order valence-corrected chi connectivity index (χ1v) is 10.0. The average molecular weight is 418 g/mol. The molecule has 0 fully saturated rings. The first-order valence-electron chi connectivity index (χ1n) is 9.25. The smallest absolute Gasteiger partial charge is 0.180 e. The van der Waals surface area contributed by atoms with Crippen molar-refractivity contribution in [1.82, 2.24) is 33.9 Å². The van der Waals surface area contributed by atoms with E-state index in [-0.39, 0.29) is 0 Å². The van der Waals surface area contributed by atoms with Crippen molar-refractivity contribution < 1.29 is 4.74 Å². The molecular weight excluding hydrogens is 400 g/mol. The Bertz CT molecular complexity index is 1310. The summed E-state index contributed by atoms with van der Waals surface area (Å²) in [5, 5.41) is 11.1. The van der Waals surface area contributed by atoms with Gasteiger partial charge in [0.2, 0.25) is 0 Å². The summed E-state index contributed by atoms with van der Waals surface area (Å²) in [7, 11) is 1.65. The van der Waals surface area contributed by atoms with E-state index in [1.807, 2.05) is 48.1 Å². The standard InChI is InChI=1S/C20H18N8OS/c1-12-11-28-17(13-8-23-24-9-13)10-22-20(28)19(25-12)26-18-7-15(27-30-18)5-14-6-16(29-2)3-4-21-14/h3-4,6-11H,5H2,1-2H3,(H,23,24)(H,25,26). The molecule has 0 bridgehead atoms. The number of anilines is 2. The van der Waals surface area contributed by atoms with Gasteiger partial charge in [-0.2, -0.15) is 9.47 Å². The fraction of sp³-hybridized carbons (Fsp3) is 0.150. The molecule has 5 rings (SSSR count). The van der Waals surface area contributed by atoms with E-state index in [0.29, 0.717) is 12.2 Å². The summed E-state index contributed by atoms with van der Waals surface area (Å²) in [6.07, 6.45) is 9.76. The van der Waals surface area contributed by atoms with Crippen LogP contribution >= 0.6 is 11.5 Å². The van der Waals surface area contributed by atoms with E-state index < -0.39 is 0 Å². The number of H-pyrrole nitrogens is 1. The summed E-state index contributed by atoms with van der Waals surface area (Å²) in [5.41, 5.74) is 5.35. The Morgan fingerprint density at radius 2 is 2.13 bits per heavy atom. The Labute approximate surface area is 176 Å². The van der Waals surface area contributed by atoms with Crippen LogP contribution in [0, 0.1) is 6.92 Å². The summed E-state index contributed by atoms with van der Waals surface area (Å²) in [5.74, 6) is 1.46. The minimum absolute atomic E-state index is 0.625. The fourth-order valence-corrected chi connectivity index (χ4v) is 3.90. The summed E-state index contributed by atoms with van der Waals surface area (Å²) >= 11 is 1.38. The predicted molar refractivity (Wildman–Crippen MR) is 114 cm³/mol. The maximum absolute atomic E-state index is 5.26. The van der Waals surface area contributed by atoms with Gasteiger partial charge < -0.3 is 10.1 Å². The van der Waals surface area contributed by atoms with Gasteiger partial charge in [0.1, 0.15) is 10.8 Å². The topological polar surface area (TPSA) is 106 Å². The van der Waals surface area contributed by atoms with Gasteiger partial charge in [-0.15, -0.1) is 0 Å². The van der Waals surface area contributed by atoms with E-state index in [4.69, 9.17) is 4.74 Å². The van der Waals surface area contributed by atoms with E-state index >= 15 is 0 Å². The molecule has 9 nitrogen and oxygen atoms in total. The number of nitrogens with zero attached hydrogens (tertiary/aromatic N) is 6. The number of aromatic nitrogens is 7. The number of pyridine rings is 1. The molecule has 0 saturated heterocycles. The molecule has 0 aliphatic carbocycles. The van der Waals surface area contributed by atoms with Gasteiger partial charge in [-0.3, -0.25) is 14.5 Å². The summed E-state index contributed by atoms with van der Waals surface area (Å²) in [4.78, 5) is 13.6. The molecule has 0 aliphatic rings. The van der Waals surface area contributed by atoms with Gasteiger partial charge in [0.05, 0.1) is 36.6 Å². The molecule has 5 aromatic rings. The third kappa shape index (κ3) is 3.48. The zero-order chi connectivity index (χ0) is 20.5. The number of imidazole rings is 1. The van der Waals surface area contributed by atoms with Gasteiger partial charge >= 0.3 is 0 Å². The van der Waals surface area contributed by atoms with E-state index in [9.17, 15) is 0 Å². The highest BCUT2D eigenvalue weighted by molar-refractivity contribution is 7.10. The molecule has 5 heterocycles. The second-order valence-corrected chi connectivity index (χ2v) is 7.53. The van der Waals surface area contributed by atoms with Crippen LogP contribution in [0.1, 0.15) is 17.1 Å². The molecule has 2 N–H and O–H groups in total. The number of rotatable bonds is 6. The lowest BCUT2D eigenvalue weighted by molar-refractivity contribution is 0.413. The summed E-state index contributed by atoms with van der Waals surface area (Å²) in [6, 6.07) is 5.75. The quantitative estimate of drug-likeness (QED) is 0.434. The van der Waals surface area contributed by atoms with Crippen LogP contribution in [0.4, 0.5) is 10.8 Å². The highest BCUT2D eigenvalue weighted by atomic mass is 32.1. The lowest BCUT2D eigenvalue weighted by atomic mass is 10.2. The first-order chi connectivity index (χ1) is 14.7. The molecular formula is C20H18N8OS. The lowest BCUT2D eigenvalue weighted by Crippen LogP contribution is -2.00. The van der Waals surface area contributed by atoms with Crippen LogP contribution in [0.15, 0.2) is 49.2 Å². The Hall–Kier alpha value is -3.79. The monoisotopic (exact) mass is 418 g/mol. The number of hydrogen-bond donors (Lipinski definition) is 2. The van der Waals surface area contributed by atoms with Gasteiger partial charge in [-0.1, -0.05) is 0 Å². The third-order valence-corrected chi connectivity index (χ3v) is 5.34. The maximum atomic E-state index is 5.26. The third-order valence-electron chi connectivity index (χ3n) is 4.59. The van der Waals surface area contributed by atoms with Crippen LogP contribution < -0.4 is 10.1 Å². The molecule has 0 radical (unpaired) electrons. The van der Waals surface area contributed by atoms with Crippen LogP contribution in [0.25, 0.3) is 16.9 Å². The highest BCUT2D eigenvalue weighted by Crippen LogP contribution is 2.28. The Morgan fingerprint density at radius 1 is 1.20 bits per heavy atom. The molecule has 0 amide bonds. The molecule has 5 aromatic heterocycles.